The molecule has 6 bridgehead atoms. The number of hydrogen-bond acceptors (Lipinski definition) is 6. The Morgan fingerprint density at radius 1 is 0.676 bits per heavy atom. The van der Waals surface area contributed by atoms with Gasteiger partial charge >= 0.3 is 0 Å². The van der Waals surface area contributed by atoms with Gasteiger partial charge in [0, 0.05) is 31.6 Å². The number of epoxide rings is 1. The SMILES string of the molecule is C1CCCC2CC(CC3OC3C3CCN(CCCCNCCO3)C3CCCC(CC1)C3)OCN2. The van der Waals surface area contributed by atoms with Crippen LogP contribution < -0.4 is 10.6 Å². The topological polar surface area (TPSA) is 58.3 Å². The highest BCUT2D eigenvalue weighted by Crippen LogP contribution is 2.36. The molecule has 2 N–H and O–H groups in total. The molecule has 8 atom stereocenters. The molecule has 0 aromatic carbocycles. The minimum Gasteiger partial charge on any atom is -0.374 e. The van der Waals surface area contributed by atoms with Crippen LogP contribution in [0.3, 0.4) is 0 Å². The Bertz CT molecular complexity index is 593. The molecular formula is C28H51N3O3. The molecule has 5 aliphatic rings. The van der Waals surface area contributed by atoms with Gasteiger partial charge < -0.3 is 24.4 Å². The van der Waals surface area contributed by atoms with Crippen molar-refractivity contribution in [2.45, 2.75) is 133 Å². The molecule has 6 heteroatoms. The fraction of sp³-hybridized carbons (Fsp3) is 1.00. The summed E-state index contributed by atoms with van der Waals surface area (Å²) in [5.74, 6) is 0.949. The minimum absolute atomic E-state index is 0.229. The second-order valence-electron chi connectivity index (χ2n) is 11.8. The van der Waals surface area contributed by atoms with Gasteiger partial charge in [0.15, 0.2) is 0 Å². The molecule has 0 radical (unpaired) electrons. The van der Waals surface area contributed by atoms with Crippen molar-refractivity contribution < 1.29 is 14.2 Å². The normalized spacial score (nSPS) is 43.8. The van der Waals surface area contributed by atoms with E-state index in [2.05, 4.69) is 15.5 Å². The fourth-order valence-electron chi connectivity index (χ4n) is 7.19. The third kappa shape index (κ3) is 7.63. The summed E-state index contributed by atoms with van der Waals surface area (Å²) >= 11 is 0. The number of rotatable bonds is 0. The summed E-state index contributed by atoms with van der Waals surface area (Å²) in [6.45, 7) is 6.01. The maximum absolute atomic E-state index is 6.45. The summed E-state index contributed by atoms with van der Waals surface area (Å²) < 4.78 is 18.8. The van der Waals surface area contributed by atoms with Gasteiger partial charge in [0.1, 0.15) is 6.10 Å². The Morgan fingerprint density at radius 2 is 1.59 bits per heavy atom. The van der Waals surface area contributed by atoms with Crippen LogP contribution in [0.4, 0.5) is 0 Å². The maximum atomic E-state index is 6.45. The molecule has 0 aromatic heterocycles. The molecule has 1 saturated carbocycles. The fourth-order valence-corrected chi connectivity index (χ4v) is 7.19. The average Bonchev–Trinajstić information content (AvgIpc) is 3.60. The van der Waals surface area contributed by atoms with E-state index in [-0.39, 0.29) is 12.2 Å². The first kappa shape index (κ1) is 25.4. The van der Waals surface area contributed by atoms with Crippen molar-refractivity contribution >= 4 is 0 Å². The van der Waals surface area contributed by atoms with Crippen LogP contribution in [0.2, 0.25) is 0 Å². The molecule has 4 aliphatic heterocycles. The predicted molar refractivity (Wildman–Crippen MR) is 136 cm³/mol. The third-order valence-corrected chi connectivity index (χ3v) is 9.27. The lowest BCUT2D eigenvalue weighted by molar-refractivity contribution is -0.0210. The standard InChI is InChI=1S/C28H51N3O3/c1-2-4-10-23-19-25(33-21-30-23)20-27-28(34-27)26-12-16-31(15-6-5-13-29-14-17-32-26)24-11-7-9-22(18-24)8-3-1/h22-30H,1-21H2. The first-order valence-electron chi connectivity index (χ1n) is 14.9. The molecule has 5 rings (SSSR count). The van der Waals surface area contributed by atoms with E-state index in [0.29, 0.717) is 25.0 Å². The quantitative estimate of drug-likeness (QED) is 0.510. The lowest BCUT2D eigenvalue weighted by Crippen LogP contribution is -2.43. The molecule has 0 spiro atoms. The van der Waals surface area contributed by atoms with E-state index < -0.39 is 0 Å². The van der Waals surface area contributed by atoms with E-state index in [9.17, 15) is 0 Å². The van der Waals surface area contributed by atoms with Crippen LogP contribution in [0.25, 0.3) is 0 Å². The molecule has 1 aliphatic carbocycles. The highest BCUT2D eigenvalue weighted by molar-refractivity contribution is 4.95. The van der Waals surface area contributed by atoms with Crippen LogP contribution in [0, 0.1) is 5.92 Å². The first-order chi connectivity index (χ1) is 16.8. The van der Waals surface area contributed by atoms with E-state index in [1.807, 2.05) is 0 Å². The van der Waals surface area contributed by atoms with Gasteiger partial charge in [-0.1, -0.05) is 44.9 Å². The molecule has 4 heterocycles. The molecule has 34 heavy (non-hydrogen) atoms. The van der Waals surface area contributed by atoms with Crippen molar-refractivity contribution in [1.82, 2.24) is 15.5 Å². The Morgan fingerprint density at radius 3 is 2.56 bits per heavy atom. The zero-order valence-corrected chi connectivity index (χ0v) is 21.6. The van der Waals surface area contributed by atoms with Crippen LogP contribution in [0.15, 0.2) is 0 Å². The van der Waals surface area contributed by atoms with Crippen LogP contribution >= 0.6 is 0 Å². The Labute approximate surface area is 208 Å². The van der Waals surface area contributed by atoms with Crippen molar-refractivity contribution in [2.24, 2.45) is 5.92 Å². The van der Waals surface area contributed by atoms with Crippen molar-refractivity contribution in [3.63, 3.8) is 0 Å². The smallest absolute Gasteiger partial charge is 0.110 e. The molecular weight excluding hydrogens is 426 g/mol. The lowest BCUT2D eigenvalue weighted by atomic mass is 9.81. The third-order valence-electron chi connectivity index (χ3n) is 9.27. The number of ether oxygens (including phenoxy) is 3. The van der Waals surface area contributed by atoms with Gasteiger partial charge in [-0.05, 0) is 64.0 Å². The number of nitrogens with one attached hydrogen (secondary N) is 2. The molecule has 0 amide bonds. The highest BCUT2D eigenvalue weighted by Gasteiger charge is 2.47. The zero-order chi connectivity index (χ0) is 23.0. The van der Waals surface area contributed by atoms with E-state index in [1.54, 1.807) is 0 Å². The van der Waals surface area contributed by atoms with Crippen LogP contribution in [0.1, 0.15) is 96.3 Å². The second kappa shape index (κ2) is 13.3. The maximum Gasteiger partial charge on any atom is 0.110 e. The largest absolute Gasteiger partial charge is 0.374 e. The summed E-state index contributed by atoms with van der Waals surface area (Å²) in [5.41, 5.74) is 0. The van der Waals surface area contributed by atoms with Crippen molar-refractivity contribution in [3.05, 3.63) is 0 Å². The Hall–Kier alpha value is -0.240. The summed E-state index contributed by atoms with van der Waals surface area (Å²) in [6, 6.07) is 1.40. The van der Waals surface area contributed by atoms with E-state index in [1.165, 1.54) is 90.1 Å². The summed E-state index contributed by atoms with van der Waals surface area (Å²) in [4.78, 5) is 2.86. The Kier molecular flexibility index (Phi) is 9.97. The number of nitrogens with zero attached hydrogens (tertiary/aromatic N) is 1. The highest BCUT2D eigenvalue weighted by atomic mass is 16.6. The summed E-state index contributed by atoms with van der Waals surface area (Å²) in [7, 11) is 0. The Balaban J connectivity index is 1.25. The number of hydrogen-bond donors (Lipinski definition) is 2. The van der Waals surface area contributed by atoms with Gasteiger partial charge in [0.05, 0.1) is 31.6 Å². The van der Waals surface area contributed by atoms with Crippen molar-refractivity contribution in [1.29, 1.82) is 0 Å². The van der Waals surface area contributed by atoms with Crippen LogP contribution in [-0.4, -0.2) is 80.9 Å². The average molecular weight is 478 g/mol. The van der Waals surface area contributed by atoms with Gasteiger partial charge in [-0.15, -0.1) is 0 Å². The molecule has 0 aromatic rings. The van der Waals surface area contributed by atoms with Gasteiger partial charge in [0.25, 0.3) is 0 Å². The summed E-state index contributed by atoms with van der Waals surface area (Å²) in [6.07, 6.45) is 21.1. The van der Waals surface area contributed by atoms with Gasteiger partial charge in [0.2, 0.25) is 0 Å². The van der Waals surface area contributed by atoms with E-state index in [4.69, 9.17) is 14.2 Å². The molecule has 8 unspecified atom stereocenters. The van der Waals surface area contributed by atoms with Gasteiger partial charge in [-0.25, -0.2) is 0 Å². The monoisotopic (exact) mass is 477 g/mol. The molecule has 5 fully saturated rings. The van der Waals surface area contributed by atoms with E-state index in [0.717, 1.165) is 50.9 Å². The van der Waals surface area contributed by atoms with E-state index >= 15 is 0 Å². The van der Waals surface area contributed by atoms with Crippen LogP contribution in [0.5, 0.6) is 0 Å². The molecule has 4 saturated heterocycles. The van der Waals surface area contributed by atoms with Gasteiger partial charge in [-0.2, -0.15) is 0 Å². The minimum atomic E-state index is 0.229. The van der Waals surface area contributed by atoms with Gasteiger partial charge in [-0.3, -0.25) is 5.32 Å². The lowest BCUT2D eigenvalue weighted by Gasteiger charge is -2.38. The zero-order valence-electron chi connectivity index (χ0n) is 21.6. The predicted octanol–water partition coefficient (Wildman–Crippen LogP) is 4.22. The number of fused-ring (bicyclic) bond motifs is 10. The summed E-state index contributed by atoms with van der Waals surface area (Å²) in [5, 5.41) is 7.19. The molecule has 6 nitrogen and oxygen atoms in total. The van der Waals surface area contributed by atoms with Crippen molar-refractivity contribution in [3.8, 4) is 0 Å². The van der Waals surface area contributed by atoms with Crippen LogP contribution in [-0.2, 0) is 14.2 Å². The second-order valence-corrected chi connectivity index (χ2v) is 11.8. The van der Waals surface area contributed by atoms with Crippen molar-refractivity contribution in [2.75, 3.05) is 39.5 Å². The molecule has 196 valence electrons. The first-order valence-corrected chi connectivity index (χ1v) is 14.9.